The zero-order valence-corrected chi connectivity index (χ0v) is 20.7. The van der Waals surface area contributed by atoms with Crippen molar-refractivity contribution in [3.8, 4) is 0 Å². The summed E-state index contributed by atoms with van der Waals surface area (Å²) in [5, 5.41) is 5.44. The molecule has 4 rings (SSSR count). The van der Waals surface area contributed by atoms with Crippen molar-refractivity contribution in [2.75, 3.05) is 25.0 Å². The molecule has 0 bridgehead atoms. The SMILES string of the molecule is CC(C)C[C@]1(c2ccccc2)NC(=O)N(CC(=O)Nc2cccc(S(=O)(=O)N3CCCC3)c2)C1=O. The second-order valence-corrected chi connectivity index (χ2v) is 11.3. The van der Waals surface area contributed by atoms with Crippen LogP contribution < -0.4 is 10.6 Å². The average molecular weight is 499 g/mol. The molecule has 2 fully saturated rings. The van der Waals surface area contributed by atoms with Gasteiger partial charge in [0.25, 0.3) is 5.91 Å². The van der Waals surface area contributed by atoms with Gasteiger partial charge in [0.05, 0.1) is 4.90 Å². The van der Waals surface area contributed by atoms with Gasteiger partial charge in [-0.2, -0.15) is 4.31 Å². The van der Waals surface area contributed by atoms with Gasteiger partial charge in [-0.1, -0.05) is 50.2 Å². The van der Waals surface area contributed by atoms with E-state index >= 15 is 0 Å². The minimum atomic E-state index is -3.64. The van der Waals surface area contributed by atoms with Gasteiger partial charge in [-0.05, 0) is 48.9 Å². The van der Waals surface area contributed by atoms with Gasteiger partial charge < -0.3 is 10.6 Å². The Morgan fingerprint density at radius 1 is 1.06 bits per heavy atom. The fourth-order valence-electron chi connectivity index (χ4n) is 4.71. The highest BCUT2D eigenvalue weighted by Crippen LogP contribution is 2.35. The van der Waals surface area contributed by atoms with E-state index in [-0.39, 0.29) is 16.5 Å². The van der Waals surface area contributed by atoms with Gasteiger partial charge in [-0.3, -0.25) is 14.5 Å². The van der Waals surface area contributed by atoms with E-state index in [2.05, 4.69) is 10.6 Å². The molecular formula is C25H30N4O5S. The summed E-state index contributed by atoms with van der Waals surface area (Å²) >= 11 is 0. The third kappa shape index (κ3) is 4.94. The molecule has 2 aliphatic rings. The van der Waals surface area contributed by atoms with Crippen LogP contribution in [0.3, 0.4) is 0 Å². The first kappa shape index (κ1) is 24.9. The maximum atomic E-state index is 13.5. The molecular weight excluding hydrogens is 468 g/mol. The lowest BCUT2D eigenvalue weighted by Crippen LogP contribution is -2.45. The van der Waals surface area contributed by atoms with E-state index in [9.17, 15) is 22.8 Å². The molecule has 0 unspecified atom stereocenters. The number of benzene rings is 2. The molecule has 0 radical (unpaired) electrons. The molecule has 0 aliphatic carbocycles. The highest BCUT2D eigenvalue weighted by molar-refractivity contribution is 7.89. The number of carbonyl (C=O) groups is 3. The number of sulfonamides is 1. The van der Waals surface area contributed by atoms with Crippen LogP contribution in [-0.2, 0) is 25.2 Å². The number of nitrogens with one attached hydrogen (secondary N) is 2. The quantitative estimate of drug-likeness (QED) is 0.543. The summed E-state index contributed by atoms with van der Waals surface area (Å²) in [6.45, 7) is 4.39. The monoisotopic (exact) mass is 498 g/mol. The van der Waals surface area contributed by atoms with Crippen LogP contribution in [0.4, 0.5) is 10.5 Å². The third-order valence-electron chi connectivity index (χ3n) is 6.28. The van der Waals surface area contributed by atoms with Crippen molar-refractivity contribution in [3.05, 3.63) is 60.2 Å². The highest BCUT2D eigenvalue weighted by Gasteiger charge is 2.52. The zero-order chi connectivity index (χ0) is 25.2. The molecule has 35 heavy (non-hydrogen) atoms. The van der Waals surface area contributed by atoms with Gasteiger partial charge in [0.1, 0.15) is 12.1 Å². The minimum absolute atomic E-state index is 0.0900. The van der Waals surface area contributed by atoms with Crippen molar-refractivity contribution in [2.24, 2.45) is 5.92 Å². The second kappa shape index (κ2) is 9.79. The molecule has 2 aromatic rings. The van der Waals surface area contributed by atoms with Crippen LogP contribution in [0.2, 0.25) is 0 Å². The Balaban J connectivity index is 1.51. The Labute approximate surface area is 205 Å². The molecule has 2 N–H and O–H groups in total. The van der Waals surface area contributed by atoms with Crippen LogP contribution >= 0.6 is 0 Å². The van der Waals surface area contributed by atoms with Gasteiger partial charge >= 0.3 is 6.03 Å². The van der Waals surface area contributed by atoms with Crippen LogP contribution in [-0.4, -0.2) is 55.1 Å². The Hall–Kier alpha value is -3.24. The standard InChI is InChI=1S/C25H30N4O5S/c1-18(2)16-25(19-9-4-3-5-10-19)23(31)29(24(32)27-25)17-22(30)26-20-11-8-12-21(15-20)35(33,34)28-13-6-7-14-28/h3-5,8-12,15,18H,6-7,13-14,16-17H2,1-2H3,(H,26,30)(H,27,32)/t25-/m1/s1. The molecule has 9 nitrogen and oxygen atoms in total. The van der Waals surface area contributed by atoms with Crippen molar-refractivity contribution >= 4 is 33.6 Å². The maximum Gasteiger partial charge on any atom is 0.325 e. The smallest absolute Gasteiger partial charge is 0.324 e. The van der Waals surface area contributed by atoms with Crippen LogP contribution in [0, 0.1) is 5.92 Å². The molecule has 4 amide bonds. The molecule has 2 heterocycles. The molecule has 2 aromatic carbocycles. The zero-order valence-electron chi connectivity index (χ0n) is 19.9. The van der Waals surface area contributed by atoms with Crippen molar-refractivity contribution in [3.63, 3.8) is 0 Å². The molecule has 1 atom stereocenters. The molecule has 0 spiro atoms. The van der Waals surface area contributed by atoms with Crippen LogP contribution in [0.1, 0.15) is 38.7 Å². The second-order valence-electron chi connectivity index (χ2n) is 9.38. The number of amides is 4. The molecule has 0 aromatic heterocycles. The minimum Gasteiger partial charge on any atom is -0.324 e. The first-order chi connectivity index (χ1) is 16.6. The van der Waals surface area contributed by atoms with E-state index in [1.807, 2.05) is 19.9 Å². The van der Waals surface area contributed by atoms with E-state index < -0.39 is 40.0 Å². The Morgan fingerprint density at radius 2 is 1.74 bits per heavy atom. The maximum absolute atomic E-state index is 13.5. The molecule has 186 valence electrons. The first-order valence-corrected chi connectivity index (χ1v) is 13.2. The summed E-state index contributed by atoms with van der Waals surface area (Å²) in [7, 11) is -3.64. The summed E-state index contributed by atoms with van der Waals surface area (Å²) < 4.78 is 27.1. The van der Waals surface area contributed by atoms with E-state index in [1.165, 1.54) is 16.4 Å². The lowest BCUT2D eigenvalue weighted by Gasteiger charge is -2.29. The van der Waals surface area contributed by atoms with Gasteiger partial charge in [0.15, 0.2) is 0 Å². The van der Waals surface area contributed by atoms with Crippen molar-refractivity contribution in [1.82, 2.24) is 14.5 Å². The first-order valence-electron chi connectivity index (χ1n) is 11.7. The lowest BCUT2D eigenvalue weighted by molar-refractivity contribution is -0.134. The number of anilines is 1. The Morgan fingerprint density at radius 3 is 2.40 bits per heavy atom. The average Bonchev–Trinajstić information content (AvgIpc) is 3.44. The van der Waals surface area contributed by atoms with Crippen molar-refractivity contribution in [1.29, 1.82) is 0 Å². The normalized spacial score (nSPS) is 20.9. The fraction of sp³-hybridized carbons (Fsp3) is 0.400. The Bertz CT molecular complexity index is 1230. The summed E-state index contributed by atoms with van der Waals surface area (Å²) in [6, 6.07) is 14.4. The lowest BCUT2D eigenvalue weighted by atomic mass is 9.82. The number of carbonyl (C=O) groups excluding carboxylic acids is 3. The van der Waals surface area contributed by atoms with Crippen LogP contribution in [0.25, 0.3) is 0 Å². The van der Waals surface area contributed by atoms with E-state index in [0.29, 0.717) is 25.1 Å². The predicted octanol–water partition coefficient (Wildman–Crippen LogP) is 2.90. The third-order valence-corrected chi connectivity index (χ3v) is 8.17. The van der Waals surface area contributed by atoms with Crippen molar-refractivity contribution in [2.45, 2.75) is 43.5 Å². The van der Waals surface area contributed by atoms with Crippen molar-refractivity contribution < 1.29 is 22.8 Å². The number of nitrogens with zero attached hydrogens (tertiary/aromatic N) is 2. The topological polar surface area (TPSA) is 116 Å². The molecule has 2 saturated heterocycles. The summed E-state index contributed by atoms with van der Waals surface area (Å²) in [4.78, 5) is 40.1. The van der Waals surface area contributed by atoms with E-state index in [0.717, 1.165) is 17.7 Å². The van der Waals surface area contributed by atoms with Crippen LogP contribution in [0.5, 0.6) is 0 Å². The highest BCUT2D eigenvalue weighted by atomic mass is 32.2. The largest absolute Gasteiger partial charge is 0.325 e. The Kier molecular flexibility index (Phi) is 6.95. The molecule has 10 heteroatoms. The molecule has 2 aliphatic heterocycles. The molecule has 0 saturated carbocycles. The van der Waals surface area contributed by atoms with E-state index in [4.69, 9.17) is 0 Å². The van der Waals surface area contributed by atoms with Gasteiger partial charge in [0, 0.05) is 18.8 Å². The number of hydrogen-bond donors (Lipinski definition) is 2. The van der Waals surface area contributed by atoms with Gasteiger partial charge in [-0.15, -0.1) is 0 Å². The summed E-state index contributed by atoms with van der Waals surface area (Å²) in [6.07, 6.45) is 2.03. The van der Waals surface area contributed by atoms with E-state index in [1.54, 1.807) is 36.4 Å². The number of urea groups is 1. The fourth-order valence-corrected chi connectivity index (χ4v) is 6.28. The number of imide groups is 1. The summed E-state index contributed by atoms with van der Waals surface area (Å²) in [5.41, 5.74) is -0.301. The number of rotatable bonds is 8. The number of hydrogen-bond acceptors (Lipinski definition) is 5. The van der Waals surface area contributed by atoms with Gasteiger partial charge in [0.2, 0.25) is 15.9 Å². The predicted molar refractivity (Wildman–Crippen MR) is 131 cm³/mol. The summed E-state index contributed by atoms with van der Waals surface area (Å²) in [5.74, 6) is -0.978. The van der Waals surface area contributed by atoms with Crippen LogP contribution in [0.15, 0.2) is 59.5 Å². The van der Waals surface area contributed by atoms with Gasteiger partial charge in [-0.25, -0.2) is 13.2 Å².